The Labute approximate surface area is 115 Å². The van der Waals surface area contributed by atoms with E-state index in [1.54, 1.807) is 0 Å². The molecule has 1 aliphatic heterocycles. The highest BCUT2D eigenvalue weighted by Crippen LogP contribution is 2.18. The average Bonchev–Trinajstić information content (AvgIpc) is 2.92. The molecule has 0 unspecified atom stereocenters. The third kappa shape index (κ3) is 3.26. The molecule has 0 saturated carbocycles. The van der Waals surface area contributed by atoms with Crippen LogP contribution in [0.5, 0.6) is 0 Å². The van der Waals surface area contributed by atoms with Crippen molar-refractivity contribution in [3.8, 4) is 0 Å². The highest BCUT2D eigenvalue weighted by Gasteiger charge is 2.19. The van der Waals surface area contributed by atoms with Gasteiger partial charge in [-0.05, 0) is 43.0 Å². The van der Waals surface area contributed by atoms with Crippen LogP contribution >= 0.6 is 0 Å². The Balaban J connectivity index is 2.00. The van der Waals surface area contributed by atoms with Gasteiger partial charge in [-0.3, -0.25) is 4.79 Å². The van der Waals surface area contributed by atoms with E-state index in [1.165, 1.54) is 5.56 Å². The maximum Gasteiger partial charge on any atom is 0.242 e. The Morgan fingerprint density at radius 2 is 2.05 bits per heavy atom. The van der Waals surface area contributed by atoms with E-state index in [1.807, 2.05) is 29.0 Å². The van der Waals surface area contributed by atoms with E-state index in [4.69, 9.17) is 5.73 Å². The molecular formula is C15H23N3O. The number of hydrogen-bond acceptors (Lipinski definition) is 3. The Kier molecular flexibility index (Phi) is 4.43. The number of hydrogen-bond donors (Lipinski definition) is 1. The van der Waals surface area contributed by atoms with E-state index in [0.29, 0.717) is 13.1 Å². The van der Waals surface area contributed by atoms with Crippen molar-refractivity contribution in [1.82, 2.24) is 4.90 Å². The quantitative estimate of drug-likeness (QED) is 0.894. The van der Waals surface area contributed by atoms with Gasteiger partial charge in [-0.2, -0.15) is 0 Å². The third-order valence-electron chi connectivity index (χ3n) is 3.82. The van der Waals surface area contributed by atoms with Gasteiger partial charge in [0.05, 0.1) is 6.54 Å². The van der Waals surface area contributed by atoms with Crippen LogP contribution in [-0.2, 0) is 11.3 Å². The second-order valence-corrected chi connectivity index (χ2v) is 5.26. The van der Waals surface area contributed by atoms with Crippen LogP contribution in [0.3, 0.4) is 0 Å². The minimum atomic E-state index is 0.223. The lowest BCUT2D eigenvalue weighted by atomic mass is 10.1. The van der Waals surface area contributed by atoms with Crippen LogP contribution in [0.1, 0.15) is 24.0 Å². The molecule has 2 N–H and O–H groups in total. The summed E-state index contributed by atoms with van der Waals surface area (Å²) in [6.45, 7) is 4.89. The van der Waals surface area contributed by atoms with E-state index in [0.717, 1.165) is 37.2 Å². The summed E-state index contributed by atoms with van der Waals surface area (Å²) in [5.41, 5.74) is 9.07. The number of carbonyl (C=O) groups excluding carboxylic acids is 1. The number of likely N-dealkylation sites (N-methyl/N-ethyl adjacent to an activating group) is 1. The lowest BCUT2D eigenvalue weighted by Gasteiger charge is -2.23. The molecule has 1 amide bonds. The zero-order chi connectivity index (χ0) is 13.8. The zero-order valence-electron chi connectivity index (χ0n) is 11.9. The summed E-state index contributed by atoms with van der Waals surface area (Å²) >= 11 is 0. The van der Waals surface area contributed by atoms with Gasteiger partial charge in [0.1, 0.15) is 0 Å². The molecule has 0 aromatic heterocycles. The molecule has 0 spiro atoms. The van der Waals surface area contributed by atoms with E-state index in [2.05, 4.69) is 13.0 Å². The number of amides is 1. The lowest BCUT2D eigenvalue weighted by molar-refractivity contribution is -0.128. The van der Waals surface area contributed by atoms with Gasteiger partial charge >= 0.3 is 0 Å². The minimum Gasteiger partial charge on any atom is -0.365 e. The van der Waals surface area contributed by atoms with Crippen LogP contribution in [0.15, 0.2) is 18.2 Å². The number of carbonyl (C=O) groups is 1. The molecule has 19 heavy (non-hydrogen) atoms. The molecule has 2 rings (SSSR count). The standard InChI is InChI=1S/C15H23N3O/c1-12-9-14(6-5-13(12)10-16)17(2)11-15(19)18-7-3-4-8-18/h5-6,9H,3-4,7-8,10-11,16H2,1-2H3. The molecule has 0 radical (unpaired) electrons. The molecule has 104 valence electrons. The number of rotatable bonds is 4. The maximum absolute atomic E-state index is 12.1. The van der Waals surface area contributed by atoms with Gasteiger partial charge in [0.25, 0.3) is 0 Å². The summed E-state index contributed by atoms with van der Waals surface area (Å²) in [6, 6.07) is 6.17. The smallest absolute Gasteiger partial charge is 0.242 e. The predicted molar refractivity (Wildman–Crippen MR) is 78.2 cm³/mol. The molecule has 1 heterocycles. The minimum absolute atomic E-state index is 0.223. The fraction of sp³-hybridized carbons (Fsp3) is 0.533. The van der Waals surface area contributed by atoms with Gasteiger partial charge in [-0.25, -0.2) is 0 Å². The van der Waals surface area contributed by atoms with E-state index in [-0.39, 0.29) is 5.91 Å². The molecule has 0 aliphatic carbocycles. The fourth-order valence-corrected chi connectivity index (χ4v) is 2.51. The zero-order valence-corrected chi connectivity index (χ0v) is 11.9. The topological polar surface area (TPSA) is 49.6 Å². The van der Waals surface area contributed by atoms with Crippen molar-refractivity contribution in [3.63, 3.8) is 0 Å². The molecule has 0 bridgehead atoms. The Bertz CT molecular complexity index is 453. The second kappa shape index (κ2) is 6.06. The number of likely N-dealkylation sites (tertiary alicyclic amines) is 1. The summed E-state index contributed by atoms with van der Waals surface area (Å²) in [7, 11) is 1.96. The number of aryl methyl sites for hydroxylation is 1. The summed E-state index contributed by atoms with van der Waals surface area (Å²) in [5.74, 6) is 0.223. The molecule has 4 nitrogen and oxygen atoms in total. The number of nitrogens with two attached hydrogens (primary N) is 1. The van der Waals surface area contributed by atoms with E-state index >= 15 is 0 Å². The van der Waals surface area contributed by atoms with Crippen LogP contribution in [0.2, 0.25) is 0 Å². The van der Waals surface area contributed by atoms with Gasteiger partial charge in [0.15, 0.2) is 0 Å². The van der Waals surface area contributed by atoms with Crippen LogP contribution in [-0.4, -0.2) is 37.5 Å². The molecule has 0 atom stereocenters. The highest BCUT2D eigenvalue weighted by atomic mass is 16.2. The van der Waals surface area contributed by atoms with Crippen molar-refractivity contribution in [1.29, 1.82) is 0 Å². The van der Waals surface area contributed by atoms with E-state index < -0.39 is 0 Å². The highest BCUT2D eigenvalue weighted by molar-refractivity contribution is 5.81. The normalized spacial score (nSPS) is 14.8. The Hall–Kier alpha value is -1.55. The van der Waals surface area contributed by atoms with Crippen LogP contribution < -0.4 is 10.6 Å². The molecule has 4 heteroatoms. The first-order valence-electron chi connectivity index (χ1n) is 6.90. The molecule has 1 aromatic rings. The number of nitrogens with zero attached hydrogens (tertiary/aromatic N) is 2. The number of benzene rings is 1. The summed E-state index contributed by atoms with van der Waals surface area (Å²) < 4.78 is 0. The first-order valence-corrected chi connectivity index (χ1v) is 6.90. The predicted octanol–water partition coefficient (Wildman–Crippen LogP) is 1.51. The van der Waals surface area contributed by atoms with Gasteiger partial charge in [-0.1, -0.05) is 6.07 Å². The SMILES string of the molecule is Cc1cc(N(C)CC(=O)N2CCCC2)ccc1CN. The fourth-order valence-electron chi connectivity index (χ4n) is 2.51. The molecular weight excluding hydrogens is 238 g/mol. The van der Waals surface area contributed by atoms with Crippen LogP contribution in [0.25, 0.3) is 0 Å². The van der Waals surface area contributed by atoms with Gasteiger partial charge < -0.3 is 15.5 Å². The lowest BCUT2D eigenvalue weighted by Crippen LogP contribution is -2.37. The van der Waals surface area contributed by atoms with Crippen LogP contribution in [0, 0.1) is 6.92 Å². The van der Waals surface area contributed by atoms with Crippen molar-refractivity contribution in [3.05, 3.63) is 29.3 Å². The number of anilines is 1. The average molecular weight is 261 g/mol. The van der Waals surface area contributed by atoms with Crippen LogP contribution in [0.4, 0.5) is 5.69 Å². The summed E-state index contributed by atoms with van der Waals surface area (Å²) in [4.78, 5) is 16.1. The molecule has 1 fully saturated rings. The molecule has 1 saturated heterocycles. The Morgan fingerprint density at radius 1 is 1.37 bits per heavy atom. The van der Waals surface area contributed by atoms with Gasteiger partial charge in [0.2, 0.25) is 5.91 Å². The third-order valence-corrected chi connectivity index (χ3v) is 3.82. The largest absolute Gasteiger partial charge is 0.365 e. The molecule has 1 aliphatic rings. The Morgan fingerprint density at radius 3 is 2.63 bits per heavy atom. The van der Waals surface area contributed by atoms with E-state index in [9.17, 15) is 4.79 Å². The van der Waals surface area contributed by atoms with Crippen molar-refractivity contribution in [2.45, 2.75) is 26.3 Å². The molecule has 1 aromatic carbocycles. The van der Waals surface area contributed by atoms with Crippen molar-refractivity contribution in [2.24, 2.45) is 5.73 Å². The summed E-state index contributed by atoms with van der Waals surface area (Å²) in [6.07, 6.45) is 2.28. The second-order valence-electron chi connectivity index (χ2n) is 5.26. The van der Waals surface area contributed by atoms with Crippen molar-refractivity contribution < 1.29 is 4.79 Å². The summed E-state index contributed by atoms with van der Waals surface area (Å²) in [5, 5.41) is 0. The first-order chi connectivity index (χ1) is 9.11. The van der Waals surface area contributed by atoms with Crippen molar-refractivity contribution in [2.75, 3.05) is 31.6 Å². The monoisotopic (exact) mass is 261 g/mol. The van der Waals surface area contributed by atoms with Gasteiger partial charge in [-0.15, -0.1) is 0 Å². The first kappa shape index (κ1) is 13.9. The van der Waals surface area contributed by atoms with Crippen molar-refractivity contribution >= 4 is 11.6 Å². The maximum atomic E-state index is 12.1. The van der Waals surface area contributed by atoms with Gasteiger partial charge in [0, 0.05) is 32.4 Å².